The maximum Gasteiger partial charge on any atom is 0.488 e. The summed E-state index contributed by atoms with van der Waals surface area (Å²) < 4.78 is 0. The molecule has 0 bridgehead atoms. The number of nitrogens with zero attached hydrogens (tertiary/aromatic N) is 1. The van der Waals surface area contributed by atoms with Crippen molar-refractivity contribution in [3.63, 3.8) is 0 Å². The van der Waals surface area contributed by atoms with Crippen molar-refractivity contribution in [3.05, 3.63) is 24.3 Å². The molecule has 4 heteroatoms. The molecule has 0 amide bonds. The van der Waals surface area contributed by atoms with Gasteiger partial charge in [-0.25, -0.2) is 0 Å². The molecule has 1 heterocycles. The largest absolute Gasteiger partial charge is 0.488 e. The van der Waals surface area contributed by atoms with Crippen molar-refractivity contribution in [2.24, 2.45) is 0 Å². The summed E-state index contributed by atoms with van der Waals surface area (Å²) in [6.45, 7) is 2.22. The number of hydrogen-bond acceptors (Lipinski definition) is 3. The average Bonchev–Trinajstić information content (AvgIpc) is 2.30. The summed E-state index contributed by atoms with van der Waals surface area (Å²) >= 11 is 0. The summed E-state index contributed by atoms with van der Waals surface area (Å²) in [4.78, 5) is 2.34. The molecule has 84 valence electrons. The van der Waals surface area contributed by atoms with Crippen LogP contribution in [0.2, 0.25) is 0 Å². The molecule has 2 N–H and O–H groups in total. The molecule has 0 aromatic heterocycles. The topological polar surface area (TPSA) is 43.7 Å². The lowest BCUT2D eigenvalue weighted by Crippen LogP contribution is -2.32. The Bertz CT molecular complexity index is 316. The number of benzene rings is 1. The predicted octanol–water partition coefficient (Wildman–Crippen LogP) is 0.849. The fourth-order valence-corrected chi connectivity index (χ4v) is 2.01. The van der Waals surface area contributed by atoms with E-state index < -0.39 is 7.12 Å². The molecule has 0 aliphatic carbocycles. The van der Waals surface area contributed by atoms with Crippen LogP contribution in [0.15, 0.2) is 24.3 Å². The maximum absolute atomic E-state index is 8.97. The first-order valence-corrected chi connectivity index (χ1v) is 5.48. The van der Waals surface area contributed by atoms with E-state index in [4.69, 9.17) is 10.0 Å². The highest BCUT2D eigenvalue weighted by atomic mass is 16.4. The fraction of sp³-hybridized carbons (Fsp3) is 0.455. The molecule has 1 saturated heterocycles. The Labute approximate surface area is 93.5 Å². The highest BCUT2D eigenvalue weighted by Crippen LogP contribution is 2.18. The van der Waals surface area contributed by atoms with Crippen LogP contribution >= 0.6 is 0 Å². The molecule has 0 radical (unpaired) electrons. The smallest absolute Gasteiger partial charge is 0.423 e. The van der Waals surface area contributed by atoms with Crippen LogP contribution in [0.4, 0.5) is 5.69 Å². The number of anilines is 1. The number of piperidine rings is 1. The maximum atomic E-state index is 8.97. The van der Waals surface area contributed by atoms with Gasteiger partial charge in [0.2, 0.25) is 0 Å². The monoisotopic (exact) mass is 209 g/mol. The Balaban J connectivity index is 0.00000128. The van der Waals surface area contributed by atoms with Crippen LogP contribution in [0.5, 0.6) is 0 Å². The van der Waals surface area contributed by atoms with Crippen LogP contribution in [0, 0.1) is 0 Å². The molecule has 0 saturated carbocycles. The molecule has 1 aliphatic rings. The molecule has 1 aromatic rings. The van der Waals surface area contributed by atoms with E-state index in [1.54, 1.807) is 12.1 Å². The molecule has 0 unspecified atom stereocenters. The quantitative estimate of drug-likeness (QED) is 0.709. The van der Waals surface area contributed by atoms with Gasteiger partial charge in [-0.3, -0.25) is 0 Å². The zero-order valence-corrected chi connectivity index (χ0v) is 8.76. The van der Waals surface area contributed by atoms with Gasteiger partial charge in [-0.2, -0.15) is 0 Å². The zero-order valence-electron chi connectivity index (χ0n) is 8.76. The molecular formula is C11H20BNO2. The van der Waals surface area contributed by atoms with Crippen LogP contribution in [0.1, 0.15) is 22.1 Å². The minimum Gasteiger partial charge on any atom is -0.423 e. The van der Waals surface area contributed by atoms with Gasteiger partial charge in [0.15, 0.2) is 0 Å². The molecule has 1 aromatic carbocycles. The SMILES string of the molecule is OB(O)c1ccc(N2CCCCC2)cc1.[HH].[HH]. The van der Waals surface area contributed by atoms with Gasteiger partial charge in [0.25, 0.3) is 0 Å². The molecule has 0 spiro atoms. The van der Waals surface area contributed by atoms with Crippen molar-refractivity contribution in [2.45, 2.75) is 19.3 Å². The van der Waals surface area contributed by atoms with E-state index in [1.165, 1.54) is 24.9 Å². The standard InChI is InChI=1S/C11H16BNO2.2H2/c14-12(15)10-4-6-11(7-5-10)13-8-2-1-3-9-13;;/h4-7,14-15H,1-3,8-9H2;2*1H. The van der Waals surface area contributed by atoms with Crippen molar-refractivity contribution < 1.29 is 12.9 Å². The van der Waals surface area contributed by atoms with Gasteiger partial charge in [-0.15, -0.1) is 0 Å². The van der Waals surface area contributed by atoms with Gasteiger partial charge in [-0.1, -0.05) is 12.1 Å². The Morgan fingerprint density at radius 1 is 1.00 bits per heavy atom. The van der Waals surface area contributed by atoms with Gasteiger partial charge >= 0.3 is 7.12 Å². The zero-order chi connectivity index (χ0) is 10.7. The van der Waals surface area contributed by atoms with Gasteiger partial charge in [-0.05, 0) is 36.9 Å². The van der Waals surface area contributed by atoms with Gasteiger partial charge in [0.1, 0.15) is 0 Å². The van der Waals surface area contributed by atoms with Crippen molar-refractivity contribution in [1.29, 1.82) is 0 Å². The van der Waals surface area contributed by atoms with Crippen molar-refractivity contribution in [3.8, 4) is 0 Å². The Hall–Kier alpha value is -0.995. The lowest BCUT2D eigenvalue weighted by molar-refractivity contribution is 0.426. The van der Waals surface area contributed by atoms with Crippen LogP contribution in [-0.4, -0.2) is 30.3 Å². The van der Waals surface area contributed by atoms with Gasteiger partial charge < -0.3 is 14.9 Å². The van der Waals surface area contributed by atoms with E-state index in [9.17, 15) is 0 Å². The van der Waals surface area contributed by atoms with E-state index in [-0.39, 0.29) is 2.85 Å². The van der Waals surface area contributed by atoms with Crippen LogP contribution in [0.25, 0.3) is 0 Å². The molecular weight excluding hydrogens is 189 g/mol. The summed E-state index contributed by atoms with van der Waals surface area (Å²) in [5.74, 6) is 0. The average molecular weight is 209 g/mol. The highest BCUT2D eigenvalue weighted by Gasteiger charge is 2.13. The molecule has 0 atom stereocenters. The summed E-state index contributed by atoms with van der Waals surface area (Å²) in [6, 6.07) is 7.46. The number of hydrogen-bond donors (Lipinski definition) is 2. The third-order valence-electron chi connectivity index (χ3n) is 2.91. The third kappa shape index (κ3) is 2.52. The molecule has 15 heavy (non-hydrogen) atoms. The van der Waals surface area contributed by atoms with E-state index in [2.05, 4.69) is 4.90 Å². The van der Waals surface area contributed by atoms with Crippen molar-refractivity contribution in [2.75, 3.05) is 18.0 Å². The Morgan fingerprint density at radius 2 is 1.60 bits per heavy atom. The van der Waals surface area contributed by atoms with Crippen LogP contribution in [-0.2, 0) is 0 Å². The van der Waals surface area contributed by atoms with E-state index in [1.807, 2.05) is 12.1 Å². The number of rotatable bonds is 2. The Kier molecular flexibility index (Phi) is 3.28. The highest BCUT2D eigenvalue weighted by molar-refractivity contribution is 6.58. The van der Waals surface area contributed by atoms with E-state index >= 15 is 0 Å². The van der Waals surface area contributed by atoms with Crippen LogP contribution < -0.4 is 10.4 Å². The molecule has 2 rings (SSSR count). The van der Waals surface area contributed by atoms with Crippen molar-refractivity contribution >= 4 is 18.3 Å². The summed E-state index contributed by atoms with van der Waals surface area (Å²) in [5, 5.41) is 17.9. The molecule has 1 fully saturated rings. The molecule has 3 nitrogen and oxygen atoms in total. The second-order valence-electron chi connectivity index (χ2n) is 4.01. The first-order chi connectivity index (χ1) is 7.27. The Morgan fingerprint density at radius 3 is 2.13 bits per heavy atom. The molecule has 1 aliphatic heterocycles. The normalized spacial score (nSPS) is 16.5. The summed E-state index contributed by atoms with van der Waals surface area (Å²) in [5.41, 5.74) is 1.73. The minimum atomic E-state index is -1.36. The third-order valence-corrected chi connectivity index (χ3v) is 2.91. The predicted molar refractivity (Wildman–Crippen MR) is 66.6 cm³/mol. The summed E-state index contributed by atoms with van der Waals surface area (Å²) in [7, 11) is -1.36. The first-order valence-electron chi connectivity index (χ1n) is 5.48. The van der Waals surface area contributed by atoms with Gasteiger partial charge in [0.05, 0.1) is 0 Å². The van der Waals surface area contributed by atoms with E-state index in [0.717, 1.165) is 13.1 Å². The van der Waals surface area contributed by atoms with Gasteiger partial charge in [0, 0.05) is 21.6 Å². The summed E-state index contributed by atoms with van der Waals surface area (Å²) in [6.07, 6.45) is 3.83. The lowest BCUT2D eigenvalue weighted by atomic mass is 9.80. The second kappa shape index (κ2) is 4.68. The van der Waals surface area contributed by atoms with E-state index in [0.29, 0.717) is 5.46 Å². The lowest BCUT2D eigenvalue weighted by Gasteiger charge is -2.28. The van der Waals surface area contributed by atoms with Crippen LogP contribution in [0.3, 0.4) is 0 Å². The second-order valence-corrected chi connectivity index (χ2v) is 4.01. The first kappa shape index (κ1) is 10.5. The minimum absolute atomic E-state index is 0. The van der Waals surface area contributed by atoms with Crippen molar-refractivity contribution in [1.82, 2.24) is 0 Å². The fourth-order valence-electron chi connectivity index (χ4n) is 2.01.